The fourth-order valence-electron chi connectivity index (χ4n) is 4.84. The van der Waals surface area contributed by atoms with Crippen molar-refractivity contribution in [3.05, 3.63) is 95.2 Å². The normalized spacial score (nSPS) is 19.5. The van der Waals surface area contributed by atoms with Gasteiger partial charge in [-0.2, -0.15) is 0 Å². The van der Waals surface area contributed by atoms with Gasteiger partial charge in [-0.25, -0.2) is 0 Å². The second-order valence-electron chi connectivity index (χ2n) is 8.41. The number of Topliss-reactive ketones (excluding diaryl/α,β-unsaturated/α-hetero) is 1. The molecule has 5 heteroatoms. The van der Waals surface area contributed by atoms with Gasteiger partial charge in [0.05, 0.1) is 31.1 Å². The van der Waals surface area contributed by atoms with Gasteiger partial charge >= 0.3 is 0 Å². The summed E-state index contributed by atoms with van der Waals surface area (Å²) in [6.45, 7) is 2.54. The first-order valence-corrected chi connectivity index (χ1v) is 11.4. The second kappa shape index (κ2) is 9.02. The zero-order valence-electron chi connectivity index (χ0n) is 18.9. The minimum Gasteiger partial charge on any atom is -0.497 e. The lowest BCUT2D eigenvalue weighted by molar-refractivity contribution is -0.116. The van der Waals surface area contributed by atoms with Crippen molar-refractivity contribution in [2.24, 2.45) is 0 Å². The predicted molar refractivity (Wildman–Crippen MR) is 131 cm³/mol. The minimum absolute atomic E-state index is 0.114. The number of rotatable bonds is 5. The average molecular weight is 441 g/mol. The molecule has 5 nitrogen and oxygen atoms in total. The number of hydrogen-bond donors (Lipinski definition) is 2. The molecule has 1 aliphatic heterocycles. The Kier molecular flexibility index (Phi) is 5.78. The molecule has 0 saturated heterocycles. The Hall–Kier alpha value is -3.73. The van der Waals surface area contributed by atoms with Gasteiger partial charge in [0.15, 0.2) is 5.78 Å². The van der Waals surface area contributed by atoms with E-state index in [9.17, 15) is 4.79 Å². The quantitative estimate of drug-likeness (QED) is 0.504. The van der Waals surface area contributed by atoms with Crippen molar-refractivity contribution >= 4 is 17.2 Å². The number of methoxy groups -OCH3 is 1. The van der Waals surface area contributed by atoms with E-state index >= 15 is 0 Å². The molecule has 0 saturated carbocycles. The smallest absolute Gasteiger partial charge is 0.163 e. The molecule has 168 valence electrons. The van der Waals surface area contributed by atoms with Gasteiger partial charge in [-0.15, -0.1) is 0 Å². The van der Waals surface area contributed by atoms with E-state index in [0.29, 0.717) is 13.0 Å². The monoisotopic (exact) mass is 440 g/mol. The summed E-state index contributed by atoms with van der Waals surface area (Å²) < 4.78 is 11.2. The lowest BCUT2D eigenvalue weighted by Crippen LogP contribution is -2.27. The number of para-hydroxylation sites is 3. The Labute approximate surface area is 194 Å². The molecule has 33 heavy (non-hydrogen) atoms. The molecule has 0 unspecified atom stereocenters. The van der Waals surface area contributed by atoms with Crippen LogP contribution in [-0.4, -0.2) is 19.5 Å². The minimum atomic E-state index is -0.289. The fourth-order valence-corrected chi connectivity index (χ4v) is 4.84. The highest BCUT2D eigenvalue weighted by Gasteiger charge is 2.37. The summed E-state index contributed by atoms with van der Waals surface area (Å²) in [6, 6.07) is 23.8. The number of ether oxygens (including phenoxy) is 2. The molecule has 0 amide bonds. The van der Waals surface area contributed by atoms with Crippen LogP contribution in [0.5, 0.6) is 11.5 Å². The molecule has 0 spiro atoms. The van der Waals surface area contributed by atoms with Gasteiger partial charge in [0.2, 0.25) is 0 Å². The summed E-state index contributed by atoms with van der Waals surface area (Å²) >= 11 is 0. The van der Waals surface area contributed by atoms with Crippen LogP contribution >= 0.6 is 0 Å². The molecular formula is C28H28N2O3. The van der Waals surface area contributed by atoms with E-state index in [4.69, 9.17) is 9.47 Å². The molecule has 2 aliphatic rings. The van der Waals surface area contributed by atoms with Crippen molar-refractivity contribution in [1.82, 2.24) is 0 Å². The predicted octanol–water partition coefficient (Wildman–Crippen LogP) is 6.07. The largest absolute Gasteiger partial charge is 0.497 e. The summed E-state index contributed by atoms with van der Waals surface area (Å²) in [5.74, 6) is 1.89. The van der Waals surface area contributed by atoms with Crippen LogP contribution < -0.4 is 20.1 Å². The van der Waals surface area contributed by atoms with Gasteiger partial charge in [0.25, 0.3) is 0 Å². The molecule has 5 rings (SSSR count). The number of ketones is 1. The Morgan fingerprint density at radius 3 is 2.39 bits per heavy atom. The molecule has 1 heterocycles. The second-order valence-corrected chi connectivity index (χ2v) is 8.41. The molecule has 0 radical (unpaired) electrons. The number of allylic oxidation sites excluding steroid dienone is 1. The van der Waals surface area contributed by atoms with Crippen molar-refractivity contribution < 1.29 is 14.3 Å². The highest BCUT2D eigenvalue weighted by atomic mass is 16.5. The molecular weight excluding hydrogens is 412 g/mol. The first-order chi connectivity index (χ1) is 16.2. The lowest BCUT2D eigenvalue weighted by Gasteiger charge is -2.30. The SMILES string of the molecule is CCOc1ccccc1[C@H]1Nc2ccccc2NC2=C1C(=O)C[C@H](c1ccc(OC)cc1)C2. The summed E-state index contributed by atoms with van der Waals surface area (Å²) in [6.07, 6.45) is 1.23. The molecule has 0 aromatic heterocycles. The molecule has 3 aromatic rings. The first kappa shape index (κ1) is 21.1. The number of anilines is 2. The number of carbonyl (C=O) groups is 1. The van der Waals surface area contributed by atoms with E-state index in [2.05, 4.69) is 22.8 Å². The number of fused-ring (bicyclic) bond motifs is 1. The van der Waals surface area contributed by atoms with Gasteiger partial charge in [0.1, 0.15) is 11.5 Å². The van der Waals surface area contributed by atoms with Gasteiger partial charge in [-0.1, -0.05) is 42.5 Å². The van der Waals surface area contributed by atoms with E-state index < -0.39 is 0 Å². The number of benzene rings is 3. The van der Waals surface area contributed by atoms with Crippen LogP contribution in [-0.2, 0) is 4.79 Å². The summed E-state index contributed by atoms with van der Waals surface area (Å²) in [7, 11) is 1.66. The zero-order chi connectivity index (χ0) is 22.8. The average Bonchev–Trinajstić information content (AvgIpc) is 3.01. The molecule has 0 fully saturated rings. The van der Waals surface area contributed by atoms with E-state index in [-0.39, 0.29) is 17.7 Å². The maximum absolute atomic E-state index is 13.7. The van der Waals surface area contributed by atoms with Crippen molar-refractivity contribution in [3.63, 3.8) is 0 Å². The van der Waals surface area contributed by atoms with Crippen LogP contribution in [0.25, 0.3) is 0 Å². The van der Waals surface area contributed by atoms with Gasteiger partial charge < -0.3 is 20.1 Å². The van der Waals surface area contributed by atoms with Crippen LogP contribution in [0.4, 0.5) is 11.4 Å². The number of carbonyl (C=O) groups excluding carboxylic acids is 1. The Morgan fingerprint density at radius 1 is 0.909 bits per heavy atom. The standard InChI is InChI=1S/C28H28N2O3/c1-3-33-26-11-7-4-8-21(26)28-27-24(29-22-9-5-6-10-23(22)30-28)16-19(17-25(27)31)18-12-14-20(32-2)15-13-18/h4-15,19,28-30H,3,16-17H2,1-2H3/t19-,28-/m1/s1. The molecule has 1 aliphatic carbocycles. The van der Waals surface area contributed by atoms with E-state index in [1.807, 2.05) is 67.6 Å². The third-order valence-electron chi connectivity index (χ3n) is 6.43. The summed E-state index contributed by atoms with van der Waals surface area (Å²) in [5, 5.41) is 7.23. The zero-order valence-corrected chi connectivity index (χ0v) is 18.9. The highest BCUT2D eigenvalue weighted by molar-refractivity contribution is 6.01. The summed E-state index contributed by atoms with van der Waals surface area (Å²) in [4.78, 5) is 13.7. The topological polar surface area (TPSA) is 59.6 Å². The molecule has 3 aromatic carbocycles. The number of nitrogens with one attached hydrogen (secondary N) is 2. The third kappa shape index (κ3) is 4.07. The van der Waals surface area contributed by atoms with E-state index in [1.54, 1.807) is 7.11 Å². The summed E-state index contributed by atoms with van der Waals surface area (Å²) in [5.41, 5.74) is 5.83. The lowest BCUT2D eigenvalue weighted by atomic mass is 9.78. The third-order valence-corrected chi connectivity index (χ3v) is 6.43. The Bertz CT molecular complexity index is 1200. The first-order valence-electron chi connectivity index (χ1n) is 11.4. The van der Waals surface area contributed by atoms with Crippen LogP contribution in [0.15, 0.2) is 84.1 Å². The Balaban J connectivity index is 1.59. The number of hydrogen-bond acceptors (Lipinski definition) is 5. The van der Waals surface area contributed by atoms with Gasteiger partial charge in [-0.05, 0) is 55.2 Å². The highest BCUT2D eigenvalue weighted by Crippen LogP contribution is 2.45. The maximum Gasteiger partial charge on any atom is 0.163 e. The van der Waals surface area contributed by atoms with Crippen molar-refractivity contribution in [3.8, 4) is 11.5 Å². The van der Waals surface area contributed by atoms with Crippen molar-refractivity contribution in [2.75, 3.05) is 24.4 Å². The van der Waals surface area contributed by atoms with Crippen LogP contribution in [0, 0.1) is 0 Å². The van der Waals surface area contributed by atoms with Crippen LogP contribution in [0.3, 0.4) is 0 Å². The Morgan fingerprint density at radius 2 is 1.64 bits per heavy atom. The maximum atomic E-state index is 13.7. The molecule has 0 bridgehead atoms. The fraction of sp³-hybridized carbons (Fsp3) is 0.250. The molecule has 2 N–H and O–H groups in total. The van der Waals surface area contributed by atoms with Gasteiger partial charge in [0, 0.05) is 23.3 Å². The van der Waals surface area contributed by atoms with Gasteiger partial charge in [-0.3, -0.25) is 4.79 Å². The van der Waals surface area contributed by atoms with E-state index in [1.165, 1.54) is 0 Å². The van der Waals surface area contributed by atoms with Crippen LogP contribution in [0.2, 0.25) is 0 Å². The van der Waals surface area contributed by atoms with E-state index in [0.717, 1.165) is 51.7 Å². The molecule has 2 atom stereocenters. The van der Waals surface area contributed by atoms with Crippen molar-refractivity contribution in [2.45, 2.75) is 31.7 Å². The van der Waals surface area contributed by atoms with Crippen LogP contribution in [0.1, 0.15) is 42.9 Å². The van der Waals surface area contributed by atoms with Crippen molar-refractivity contribution in [1.29, 1.82) is 0 Å².